The van der Waals surface area contributed by atoms with Crippen LogP contribution in [0.15, 0.2) is 29.0 Å². The third-order valence-electron chi connectivity index (χ3n) is 4.70. The van der Waals surface area contributed by atoms with Gasteiger partial charge in [-0.1, -0.05) is 0 Å². The Kier molecular flexibility index (Phi) is 5.41. The quantitative estimate of drug-likeness (QED) is 0.815. The zero-order valence-electron chi connectivity index (χ0n) is 15.0. The minimum absolute atomic E-state index is 0.0432. The van der Waals surface area contributed by atoms with E-state index in [1.807, 2.05) is 13.1 Å². The molecule has 3 heterocycles. The Balaban J connectivity index is 1.57. The lowest BCUT2D eigenvalue weighted by atomic mass is 10.0. The number of carbonyl (C=O) groups is 2. The molecule has 1 aliphatic heterocycles. The van der Waals surface area contributed by atoms with Crippen molar-refractivity contribution in [3.05, 3.63) is 41.6 Å². The number of piperidine rings is 1. The van der Waals surface area contributed by atoms with Crippen LogP contribution in [-0.4, -0.2) is 56.8 Å². The van der Waals surface area contributed by atoms with E-state index in [4.69, 9.17) is 4.42 Å². The molecule has 2 aromatic heterocycles. The first-order valence-electron chi connectivity index (χ1n) is 8.71. The molecule has 0 spiro atoms. The summed E-state index contributed by atoms with van der Waals surface area (Å²) in [6.45, 7) is 2.46. The van der Waals surface area contributed by atoms with Crippen molar-refractivity contribution in [2.75, 3.05) is 13.1 Å². The van der Waals surface area contributed by atoms with Crippen molar-refractivity contribution >= 4 is 11.8 Å². The molecule has 2 N–H and O–H groups in total. The van der Waals surface area contributed by atoms with Gasteiger partial charge in [-0.05, 0) is 31.9 Å². The van der Waals surface area contributed by atoms with Crippen LogP contribution in [0, 0.1) is 6.92 Å². The van der Waals surface area contributed by atoms with Crippen LogP contribution in [0.3, 0.4) is 0 Å². The monoisotopic (exact) mass is 360 g/mol. The molecule has 2 atom stereocenters. The van der Waals surface area contributed by atoms with Crippen molar-refractivity contribution in [2.24, 2.45) is 7.05 Å². The Hall–Kier alpha value is -2.61. The minimum atomic E-state index is -0.660. The Bertz CT molecular complexity index is 782. The topological polar surface area (TPSA) is 101 Å². The van der Waals surface area contributed by atoms with E-state index >= 15 is 0 Å². The molecule has 0 unspecified atom stereocenters. The highest BCUT2D eigenvalue weighted by molar-refractivity contribution is 5.93. The van der Waals surface area contributed by atoms with Gasteiger partial charge in [0.25, 0.3) is 5.91 Å². The number of carbonyl (C=O) groups excluding carboxylic acids is 2. The van der Waals surface area contributed by atoms with Gasteiger partial charge in [-0.3, -0.25) is 14.3 Å². The lowest BCUT2D eigenvalue weighted by Crippen LogP contribution is -2.54. The van der Waals surface area contributed by atoms with Crippen LogP contribution >= 0.6 is 0 Å². The lowest BCUT2D eigenvalue weighted by Gasteiger charge is -2.36. The number of likely N-dealkylation sites (tertiary alicyclic amines) is 1. The average molecular weight is 360 g/mol. The molecule has 3 rings (SSSR count). The summed E-state index contributed by atoms with van der Waals surface area (Å²) < 4.78 is 6.94. The third kappa shape index (κ3) is 4.13. The Morgan fingerprint density at radius 2 is 2.19 bits per heavy atom. The number of nitrogens with one attached hydrogen (secondary N) is 1. The van der Waals surface area contributed by atoms with Crippen LogP contribution in [0.2, 0.25) is 0 Å². The Morgan fingerprint density at radius 1 is 1.38 bits per heavy atom. The van der Waals surface area contributed by atoms with Crippen LogP contribution in [0.25, 0.3) is 0 Å². The van der Waals surface area contributed by atoms with Crippen molar-refractivity contribution in [2.45, 2.75) is 38.3 Å². The number of aliphatic hydroxyl groups is 1. The fourth-order valence-corrected chi connectivity index (χ4v) is 3.28. The molecular formula is C18H24N4O4. The molecular weight excluding hydrogens is 336 g/mol. The molecule has 2 aromatic rings. The number of aliphatic hydroxyl groups excluding tert-OH is 1. The molecule has 0 aliphatic carbocycles. The molecule has 0 bridgehead atoms. The highest BCUT2D eigenvalue weighted by Crippen LogP contribution is 2.15. The van der Waals surface area contributed by atoms with Crippen LogP contribution < -0.4 is 5.32 Å². The maximum Gasteiger partial charge on any atom is 0.287 e. The largest absolute Gasteiger partial charge is 0.459 e. The van der Waals surface area contributed by atoms with Crippen LogP contribution in [0.5, 0.6) is 0 Å². The average Bonchev–Trinajstić information content (AvgIpc) is 3.20. The molecule has 0 saturated carbocycles. The van der Waals surface area contributed by atoms with Gasteiger partial charge in [-0.15, -0.1) is 0 Å². The normalized spacial score (nSPS) is 20.2. The minimum Gasteiger partial charge on any atom is -0.459 e. The molecule has 0 aromatic carbocycles. The third-order valence-corrected chi connectivity index (χ3v) is 4.70. The second-order valence-corrected chi connectivity index (χ2v) is 6.74. The van der Waals surface area contributed by atoms with Gasteiger partial charge in [0, 0.05) is 50.1 Å². The number of amides is 2. The number of β-amino-alcohol motifs (C(OH)–C–C–N with tert-alkyl or cyclic N) is 1. The van der Waals surface area contributed by atoms with Crippen molar-refractivity contribution in [3.8, 4) is 0 Å². The van der Waals surface area contributed by atoms with Gasteiger partial charge in [-0.25, -0.2) is 0 Å². The molecule has 8 heteroatoms. The summed E-state index contributed by atoms with van der Waals surface area (Å²) in [6.07, 6.45) is 3.85. The standard InChI is InChI=1S/C18H24N4O4/c1-12-6-8-26-17(12)18(25)20-13-9-15(23)11-22(10-13)16(24)4-3-14-5-7-19-21(14)2/h5-8,13,15,23H,3-4,9-11H2,1-2H3,(H,20,25)/t13-,15+/m0/s1. The van der Waals surface area contributed by atoms with Gasteiger partial charge in [0.15, 0.2) is 5.76 Å². The van der Waals surface area contributed by atoms with Crippen molar-refractivity contribution < 1.29 is 19.1 Å². The van der Waals surface area contributed by atoms with E-state index < -0.39 is 6.10 Å². The summed E-state index contributed by atoms with van der Waals surface area (Å²) in [7, 11) is 1.84. The van der Waals surface area contributed by atoms with Gasteiger partial charge in [0.2, 0.25) is 5.91 Å². The van der Waals surface area contributed by atoms with E-state index in [-0.39, 0.29) is 30.2 Å². The molecule has 140 valence electrons. The zero-order chi connectivity index (χ0) is 18.7. The number of rotatable bonds is 5. The summed E-state index contributed by atoms with van der Waals surface area (Å²) in [5.41, 5.74) is 1.73. The first-order chi connectivity index (χ1) is 12.4. The second-order valence-electron chi connectivity index (χ2n) is 6.74. The summed E-state index contributed by atoms with van der Waals surface area (Å²) in [6, 6.07) is 3.29. The van der Waals surface area contributed by atoms with Crippen molar-refractivity contribution in [1.82, 2.24) is 20.0 Å². The Labute approximate surface area is 151 Å². The summed E-state index contributed by atoms with van der Waals surface area (Å²) in [5.74, 6) is -0.105. The van der Waals surface area contributed by atoms with Gasteiger partial charge >= 0.3 is 0 Å². The number of furan rings is 1. The summed E-state index contributed by atoms with van der Waals surface area (Å²) in [5, 5.41) is 17.1. The number of aromatic nitrogens is 2. The van der Waals surface area contributed by atoms with Crippen LogP contribution in [-0.2, 0) is 18.3 Å². The highest BCUT2D eigenvalue weighted by atomic mass is 16.3. The van der Waals surface area contributed by atoms with E-state index in [0.717, 1.165) is 11.3 Å². The molecule has 0 radical (unpaired) electrons. The highest BCUT2D eigenvalue weighted by Gasteiger charge is 2.30. The van der Waals surface area contributed by atoms with E-state index in [1.54, 1.807) is 28.8 Å². The first-order valence-corrected chi connectivity index (χ1v) is 8.71. The molecule has 2 amide bonds. The predicted octanol–water partition coefficient (Wildman–Crippen LogP) is 0.646. The fraction of sp³-hybridized carbons (Fsp3) is 0.500. The van der Waals surface area contributed by atoms with Crippen molar-refractivity contribution in [1.29, 1.82) is 0 Å². The van der Waals surface area contributed by atoms with E-state index in [2.05, 4.69) is 10.4 Å². The maximum atomic E-state index is 12.5. The molecule has 1 aliphatic rings. The SMILES string of the molecule is Cc1ccoc1C(=O)N[C@H]1C[C@@H](O)CN(C(=O)CCc2ccnn2C)C1. The summed E-state index contributed by atoms with van der Waals surface area (Å²) in [4.78, 5) is 26.4. The fourth-order valence-electron chi connectivity index (χ4n) is 3.28. The van der Waals surface area contributed by atoms with Crippen LogP contribution in [0.4, 0.5) is 0 Å². The predicted molar refractivity (Wildman–Crippen MR) is 93.4 cm³/mol. The van der Waals surface area contributed by atoms with Gasteiger partial charge in [0.05, 0.1) is 12.4 Å². The first kappa shape index (κ1) is 18.2. The lowest BCUT2D eigenvalue weighted by molar-refractivity contribution is -0.134. The summed E-state index contributed by atoms with van der Waals surface area (Å²) >= 11 is 0. The molecule has 1 fully saturated rings. The molecule has 1 saturated heterocycles. The second kappa shape index (κ2) is 7.74. The zero-order valence-corrected chi connectivity index (χ0v) is 15.0. The van der Waals surface area contributed by atoms with Crippen molar-refractivity contribution in [3.63, 3.8) is 0 Å². The van der Waals surface area contributed by atoms with E-state index in [9.17, 15) is 14.7 Å². The van der Waals surface area contributed by atoms with Gasteiger partial charge in [-0.2, -0.15) is 5.10 Å². The maximum absolute atomic E-state index is 12.5. The number of hydrogen-bond acceptors (Lipinski definition) is 5. The van der Waals surface area contributed by atoms with Gasteiger partial charge < -0.3 is 19.7 Å². The molecule has 8 nitrogen and oxygen atoms in total. The number of aryl methyl sites for hydroxylation is 3. The Morgan fingerprint density at radius 3 is 2.85 bits per heavy atom. The van der Waals surface area contributed by atoms with Crippen LogP contribution in [0.1, 0.15) is 34.7 Å². The number of hydrogen-bond donors (Lipinski definition) is 2. The van der Waals surface area contributed by atoms with Gasteiger partial charge in [0.1, 0.15) is 0 Å². The number of nitrogens with zero attached hydrogens (tertiary/aromatic N) is 3. The smallest absolute Gasteiger partial charge is 0.287 e. The molecule has 26 heavy (non-hydrogen) atoms. The van der Waals surface area contributed by atoms with E-state index in [1.165, 1.54) is 6.26 Å². The van der Waals surface area contributed by atoms with E-state index in [0.29, 0.717) is 25.8 Å².